The third-order valence-electron chi connectivity index (χ3n) is 1.33. The molecule has 0 aliphatic rings. The zero-order valence-corrected chi connectivity index (χ0v) is 6.63. The van der Waals surface area contributed by atoms with Crippen molar-refractivity contribution in [2.75, 3.05) is 5.75 Å². The molecule has 1 unspecified atom stereocenters. The highest BCUT2D eigenvalue weighted by atomic mass is 32.1. The topological polar surface area (TPSA) is 0 Å². The molecule has 0 heterocycles. The van der Waals surface area contributed by atoms with Crippen LogP contribution in [0.1, 0.15) is 33.1 Å². The molecule has 0 aliphatic heterocycles. The monoisotopic (exact) mass is 131 g/mol. The second-order valence-electron chi connectivity index (χ2n) is 2.41. The van der Waals surface area contributed by atoms with Gasteiger partial charge in [0.05, 0.1) is 0 Å². The van der Waals surface area contributed by atoms with Gasteiger partial charge in [-0.05, 0) is 12.3 Å². The van der Waals surface area contributed by atoms with Crippen LogP contribution >= 0.6 is 12.6 Å². The van der Waals surface area contributed by atoms with Gasteiger partial charge in [-0.15, -0.1) is 0 Å². The Hall–Kier alpha value is 0.350. The van der Waals surface area contributed by atoms with Crippen LogP contribution in [0.25, 0.3) is 0 Å². The molecule has 1 atom stereocenters. The maximum Gasteiger partial charge on any atom is 0.00626 e. The van der Waals surface area contributed by atoms with E-state index in [-0.39, 0.29) is 0 Å². The molecule has 0 amide bonds. The van der Waals surface area contributed by atoms with E-state index >= 15 is 0 Å². The summed E-state index contributed by atoms with van der Waals surface area (Å²) in [7, 11) is 0. The van der Waals surface area contributed by atoms with Crippen LogP contribution in [0.4, 0.5) is 0 Å². The lowest BCUT2D eigenvalue weighted by Gasteiger charge is -2.03. The number of unbranched alkanes of at least 4 members (excludes halogenated alkanes) is 1. The fourth-order valence-electron chi connectivity index (χ4n) is 0.636. The van der Waals surface area contributed by atoms with Crippen LogP contribution in [0, 0.1) is 5.92 Å². The van der Waals surface area contributed by atoms with Crippen molar-refractivity contribution in [3.63, 3.8) is 0 Å². The van der Waals surface area contributed by atoms with E-state index in [0.717, 1.165) is 11.7 Å². The van der Waals surface area contributed by atoms with Crippen LogP contribution in [-0.4, -0.2) is 5.75 Å². The highest BCUT2D eigenvalue weighted by Crippen LogP contribution is 2.07. The summed E-state index contributed by atoms with van der Waals surface area (Å²) in [4.78, 5) is 0. The van der Waals surface area contributed by atoms with E-state index < -0.39 is 0 Å². The Labute approximate surface area is 58.1 Å². The van der Waals surface area contributed by atoms with Crippen LogP contribution in [0.15, 0.2) is 0 Å². The lowest BCUT2D eigenvalue weighted by Crippen LogP contribution is -1.94. The minimum Gasteiger partial charge on any atom is -0.0939 e. The van der Waals surface area contributed by atoms with E-state index in [4.69, 9.17) is 12.6 Å². The van der Waals surface area contributed by atoms with Gasteiger partial charge in [-0.1, -0.05) is 39.3 Å². The molecule has 0 rings (SSSR count). The fraction of sp³-hybridized carbons (Fsp3) is 1.00. The van der Waals surface area contributed by atoms with E-state index in [2.05, 4.69) is 13.8 Å². The van der Waals surface area contributed by atoms with E-state index in [0.29, 0.717) is 0 Å². The van der Waals surface area contributed by atoms with Crippen molar-refractivity contribution in [3.05, 3.63) is 0 Å². The first-order chi connectivity index (χ1) is 3.81. The molecule has 1 heteroatoms. The van der Waals surface area contributed by atoms with E-state index in [1.54, 1.807) is 0 Å². The Bertz CT molecular complexity index is 43.7. The average Bonchev–Trinajstić information content (AvgIpc) is 1.83. The number of rotatable bonds is 4. The molecular formula is C7H15S. The summed E-state index contributed by atoms with van der Waals surface area (Å²) in [5.74, 6) is 1.70. The minimum absolute atomic E-state index is 0.768. The van der Waals surface area contributed by atoms with Gasteiger partial charge in [0, 0.05) is 5.75 Å². The van der Waals surface area contributed by atoms with Crippen LogP contribution in [0.3, 0.4) is 0 Å². The second kappa shape index (κ2) is 5.49. The number of hydrogen-bond acceptors (Lipinski definition) is 0. The molecule has 0 saturated carbocycles. The van der Waals surface area contributed by atoms with Crippen molar-refractivity contribution in [2.45, 2.75) is 33.1 Å². The number of hydrogen-bond donors (Lipinski definition) is 0. The van der Waals surface area contributed by atoms with Crippen LogP contribution in [0.5, 0.6) is 0 Å². The molecule has 0 aromatic rings. The maximum absolute atomic E-state index is 4.89. The normalized spacial score (nSPS) is 13.9. The Balaban J connectivity index is 2.86. The molecule has 0 bridgehead atoms. The molecule has 0 fully saturated rings. The first kappa shape index (κ1) is 8.35. The molecule has 0 nitrogen and oxygen atoms in total. The quantitative estimate of drug-likeness (QED) is 0.550. The van der Waals surface area contributed by atoms with Gasteiger partial charge in [-0.3, -0.25) is 0 Å². The van der Waals surface area contributed by atoms with Crippen LogP contribution in [0.2, 0.25) is 0 Å². The molecular weight excluding hydrogens is 116 g/mol. The van der Waals surface area contributed by atoms with E-state index in [1.807, 2.05) is 0 Å². The predicted molar refractivity (Wildman–Crippen MR) is 41.1 cm³/mol. The van der Waals surface area contributed by atoms with Crippen molar-refractivity contribution in [3.8, 4) is 0 Å². The first-order valence-electron chi connectivity index (χ1n) is 3.39. The largest absolute Gasteiger partial charge is 0.0939 e. The molecule has 0 aliphatic carbocycles. The minimum atomic E-state index is 0.768. The Morgan fingerprint density at radius 3 is 2.50 bits per heavy atom. The van der Waals surface area contributed by atoms with Gasteiger partial charge < -0.3 is 0 Å². The Kier molecular flexibility index (Phi) is 5.73. The summed E-state index contributed by atoms with van der Waals surface area (Å²) in [6.45, 7) is 4.44. The SMILES string of the molecule is CCCCC(C)C[S]. The van der Waals surface area contributed by atoms with Crippen molar-refractivity contribution < 1.29 is 0 Å². The average molecular weight is 131 g/mol. The summed E-state index contributed by atoms with van der Waals surface area (Å²) in [6.07, 6.45) is 3.97. The first-order valence-corrected chi connectivity index (χ1v) is 3.97. The van der Waals surface area contributed by atoms with E-state index in [9.17, 15) is 0 Å². The second-order valence-corrected chi connectivity index (χ2v) is 2.75. The maximum atomic E-state index is 4.89. The molecule has 0 aromatic carbocycles. The van der Waals surface area contributed by atoms with Crippen molar-refractivity contribution in [2.24, 2.45) is 5.92 Å². The zero-order valence-electron chi connectivity index (χ0n) is 5.81. The Morgan fingerprint density at radius 2 is 2.12 bits per heavy atom. The molecule has 1 radical (unpaired) electrons. The third kappa shape index (κ3) is 4.51. The smallest absolute Gasteiger partial charge is 0.00626 e. The molecule has 0 aromatic heterocycles. The summed E-state index contributed by atoms with van der Waals surface area (Å²) in [6, 6.07) is 0. The molecule has 8 heavy (non-hydrogen) atoms. The molecule has 0 spiro atoms. The van der Waals surface area contributed by atoms with Crippen molar-refractivity contribution in [1.82, 2.24) is 0 Å². The predicted octanol–water partition coefficient (Wildman–Crippen LogP) is 3.01. The molecule has 0 N–H and O–H groups in total. The van der Waals surface area contributed by atoms with Gasteiger partial charge in [0.15, 0.2) is 0 Å². The standard InChI is InChI=1S/C7H15S/c1-3-4-5-7(2)6-8/h7H,3-6H2,1-2H3. The van der Waals surface area contributed by atoms with Gasteiger partial charge in [0.2, 0.25) is 0 Å². The highest BCUT2D eigenvalue weighted by molar-refractivity contribution is 7.80. The van der Waals surface area contributed by atoms with Gasteiger partial charge in [-0.2, -0.15) is 0 Å². The van der Waals surface area contributed by atoms with Crippen LogP contribution < -0.4 is 0 Å². The van der Waals surface area contributed by atoms with Crippen molar-refractivity contribution in [1.29, 1.82) is 0 Å². The lowest BCUT2D eigenvalue weighted by molar-refractivity contribution is 0.558. The molecule has 0 saturated heterocycles. The lowest BCUT2D eigenvalue weighted by atomic mass is 10.1. The zero-order chi connectivity index (χ0) is 6.41. The van der Waals surface area contributed by atoms with E-state index in [1.165, 1.54) is 19.3 Å². The summed E-state index contributed by atoms with van der Waals surface area (Å²) >= 11 is 4.89. The fourth-order valence-corrected chi connectivity index (χ4v) is 0.803. The molecule has 49 valence electrons. The van der Waals surface area contributed by atoms with Gasteiger partial charge in [-0.25, -0.2) is 0 Å². The van der Waals surface area contributed by atoms with Gasteiger partial charge in [0.25, 0.3) is 0 Å². The summed E-state index contributed by atoms with van der Waals surface area (Å²) < 4.78 is 0. The van der Waals surface area contributed by atoms with Gasteiger partial charge >= 0.3 is 0 Å². The van der Waals surface area contributed by atoms with Gasteiger partial charge in [0.1, 0.15) is 0 Å². The summed E-state index contributed by atoms with van der Waals surface area (Å²) in [5.41, 5.74) is 0. The van der Waals surface area contributed by atoms with Crippen molar-refractivity contribution >= 4 is 12.6 Å². The Morgan fingerprint density at radius 1 is 1.50 bits per heavy atom. The summed E-state index contributed by atoms with van der Waals surface area (Å²) in [5, 5.41) is 0. The third-order valence-corrected chi connectivity index (χ3v) is 1.90. The van der Waals surface area contributed by atoms with Crippen LogP contribution in [-0.2, 0) is 0 Å². The highest BCUT2D eigenvalue weighted by Gasteiger charge is 1.95.